The van der Waals surface area contributed by atoms with Gasteiger partial charge in [-0.05, 0) is 90.4 Å². The molecule has 6 aromatic carbocycles. The molecule has 0 bridgehead atoms. The number of rotatable bonds is 1. The molecule has 3 aliphatic heterocycles. The van der Waals surface area contributed by atoms with E-state index in [1.54, 1.807) is 0 Å². The summed E-state index contributed by atoms with van der Waals surface area (Å²) in [5.74, 6) is 1.76. The van der Waals surface area contributed by atoms with E-state index in [1.165, 1.54) is 54.3 Å². The second kappa shape index (κ2) is 8.59. The minimum Gasteiger partial charge on any atom is -0.453 e. The van der Waals surface area contributed by atoms with Crippen molar-refractivity contribution < 1.29 is 4.74 Å². The number of ether oxygens (including phenoxy) is 1. The predicted molar refractivity (Wildman–Crippen MR) is 182 cm³/mol. The maximum absolute atomic E-state index is 6.37. The van der Waals surface area contributed by atoms with E-state index in [0.717, 1.165) is 22.9 Å². The van der Waals surface area contributed by atoms with Gasteiger partial charge in [-0.3, -0.25) is 0 Å². The summed E-state index contributed by atoms with van der Waals surface area (Å²) >= 11 is 0. The van der Waals surface area contributed by atoms with Crippen molar-refractivity contribution in [1.29, 1.82) is 0 Å². The van der Waals surface area contributed by atoms with Crippen LogP contribution in [0.3, 0.4) is 0 Å². The van der Waals surface area contributed by atoms with Crippen LogP contribution >= 0.6 is 0 Å². The smallest absolute Gasteiger partial charge is 0.182 e. The summed E-state index contributed by atoms with van der Waals surface area (Å²) in [5, 5.41) is 6.00. The minimum atomic E-state index is -2.60. The molecule has 3 heteroatoms. The second-order valence-electron chi connectivity index (χ2n) is 13.0. The summed E-state index contributed by atoms with van der Waals surface area (Å²) in [7, 11) is -2.60. The monoisotopic (exact) mass is 569 g/mol. The van der Waals surface area contributed by atoms with Crippen LogP contribution in [0.2, 0.25) is 0 Å². The SMILES string of the molecule is CC(C)(C)c1ccc2c(c1)[Si]1(c3ccccc3-c3ccccc31)c1cc(N3c4ccccc4Oc4ccccc43)ccc1-2. The molecule has 3 heterocycles. The van der Waals surface area contributed by atoms with E-state index in [9.17, 15) is 0 Å². The fraction of sp³-hybridized carbons (Fsp3) is 0.100. The number of nitrogens with zero attached hydrogens (tertiary/aromatic N) is 1. The molecule has 0 aliphatic carbocycles. The van der Waals surface area contributed by atoms with Crippen LogP contribution in [0.4, 0.5) is 17.1 Å². The average molecular weight is 570 g/mol. The molecule has 0 atom stereocenters. The van der Waals surface area contributed by atoms with Crippen molar-refractivity contribution in [2.75, 3.05) is 4.90 Å². The van der Waals surface area contributed by atoms with Gasteiger partial charge in [0.2, 0.25) is 0 Å². The highest BCUT2D eigenvalue weighted by atomic mass is 28.3. The molecule has 0 radical (unpaired) electrons. The van der Waals surface area contributed by atoms with Crippen LogP contribution in [-0.4, -0.2) is 8.07 Å². The van der Waals surface area contributed by atoms with Crippen molar-refractivity contribution in [3.05, 3.63) is 139 Å². The van der Waals surface area contributed by atoms with Gasteiger partial charge >= 0.3 is 0 Å². The topological polar surface area (TPSA) is 12.5 Å². The predicted octanol–water partition coefficient (Wildman–Crippen LogP) is 7.90. The highest BCUT2D eigenvalue weighted by Crippen LogP contribution is 2.50. The van der Waals surface area contributed by atoms with E-state index >= 15 is 0 Å². The summed E-state index contributed by atoms with van der Waals surface area (Å²) in [6.45, 7) is 6.98. The molecule has 2 nitrogen and oxygen atoms in total. The van der Waals surface area contributed by atoms with Crippen LogP contribution in [0.1, 0.15) is 26.3 Å². The lowest BCUT2D eigenvalue weighted by Crippen LogP contribution is -2.70. The highest BCUT2D eigenvalue weighted by Gasteiger charge is 2.54. The van der Waals surface area contributed by atoms with Crippen LogP contribution in [-0.2, 0) is 5.41 Å². The van der Waals surface area contributed by atoms with Crippen LogP contribution in [0.25, 0.3) is 22.3 Å². The van der Waals surface area contributed by atoms with Crippen LogP contribution in [0.5, 0.6) is 11.5 Å². The molecule has 43 heavy (non-hydrogen) atoms. The molecular formula is C40H31NOSi. The molecular weight excluding hydrogens is 539 g/mol. The zero-order chi connectivity index (χ0) is 28.9. The third-order valence-corrected chi connectivity index (χ3v) is 14.6. The Morgan fingerprint density at radius 2 is 0.977 bits per heavy atom. The van der Waals surface area contributed by atoms with Crippen molar-refractivity contribution in [2.24, 2.45) is 0 Å². The number of benzene rings is 6. The van der Waals surface area contributed by atoms with E-state index < -0.39 is 8.07 Å². The van der Waals surface area contributed by atoms with E-state index in [1.807, 2.05) is 12.1 Å². The number of fused-ring (bicyclic) bond motifs is 12. The normalized spacial score (nSPS) is 14.7. The van der Waals surface area contributed by atoms with E-state index in [2.05, 4.69) is 147 Å². The van der Waals surface area contributed by atoms with Gasteiger partial charge in [-0.1, -0.05) is 118 Å². The Balaban J connectivity index is 1.38. The van der Waals surface area contributed by atoms with Gasteiger partial charge < -0.3 is 9.64 Å². The van der Waals surface area contributed by atoms with Crippen LogP contribution in [0, 0.1) is 0 Å². The fourth-order valence-corrected chi connectivity index (χ4v) is 13.4. The van der Waals surface area contributed by atoms with Gasteiger partial charge in [-0.15, -0.1) is 0 Å². The molecule has 206 valence electrons. The molecule has 0 N–H and O–H groups in total. The van der Waals surface area contributed by atoms with Gasteiger partial charge in [0.1, 0.15) is 0 Å². The molecule has 9 rings (SSSR count). The number of hydrogen-bond donors (Lipinski definition) is 0. The average Bonchev–Trinajstić information content (AvgIpc) is 3.50. The summed E-state index contributed by atoms with van der Waals surface area (Å²) in [6, 6.07) is 49.6. The van der Waals surface area contributed by atoms with Crippen molar-refractivity contribution in [3.8, 4) is 33.8 Å². The first kappa shape index (κ1) is 24.7. The van der Waals surface area contributed by atoms with Gasteiger partial charge in [-0.2, -0.15) is 0 Å². The Kier molecular flexibility index (Phi) is 4.94. The lowest BCUT2D eigenvalue weighted by molar-refractivity contribution is 0.477. The molecule has 0 aromatic heterocycles. The van der Waals surface area contributed by atoms with E-state index in [0.29, 0.717) is 0 Å². The molecule has 0 saturated carbocycles. The lowest BCUT2D eigenvalue weighted by atomic mass is 9.86. The van der Waals surface area contributed by atoms with Gasteiger partial charge in [0.25, 0.3) is 0 Å². The van der Waals surface area contributed by atoms with Gasteiger partial charge in [0.05, 0.1) is 11.4 Å². The standard InChI is InChI=1S/C40H31NOSi/c1-40(2,3)26-20-22-30-31-23-21-27(41-32-14-6-8-16-34(32)42-35-17-9-7-15-33(35)41)25-39(31)43(38(30)24-26)36-18-10-4-12-28(36)29-13-5-11-19-37(29)43/h4-25H,1-3H3. The maximum Gasteiger partial charge on any atom is 0.182 e. The van der Waals surface area contributed by atoms with Gasteiger partial charge in [-0.25, -0.2) is 0 Å². The molecule has 0 unspecified atom stereocenters. The first-order valence-electron chi connectivity index (χ1n) is 15.1. The zero-order valence-electron chi connectivity index (χ0n) is 24.6. The third kappa shape index (κ3) is 3.23. The molecule has 3 aliphatic rings. The summed E-state index contributed by atoms with van der Waals surface area (Å²) in [4.78, 5) is 2.38. The van der Waals surface area contributed by atoms with Crippen LogP contribution < -0.4 is 30.4 Å². The van der Waals surface area contributed by atoms with E-state index in [-0.39, 0.29) is 5.41 Å². The molecule has 0 saturated heterocycles. The van der Waals surface area contributed by atoms with Crippen molar-refractivity contribution in [1.82, 2.24) is 0 Å². The first-order chi connectivity index (χ1) is 21.0. The Morgan fingerprint density at radius 3 is 1.58 bits per heavy atom. The zero-order valence-corrected chi connectivity index (χ0v) is 25.6. The summed E-state index contributed by atoms with van der Waals surface area (Å²) < 4.78 is 6.37. The van der Waals surface area contributed by atoms with E-state index in [4.69, 9.17) is 4.74 Å². The Morgan fingerprint density at radius 1 is 0.488 bits per heavy atom. The third-order valence-electron chi connectivity index (χ3n) is 9.63. The Bertz CT molecular complexity index is 2030. The number of anilines is 3. The molecule has 0 fully saturated rings. The number of para-hydroxylation sites is 4. The fourth-order valence-electron chi connectivity index (χ4n) is 7.72. The van der Waals surface area contributed by atoms with Gasteiger partial charge in [0, 0.05) is 5.69 Å². The number of hydrogen-bond acceptors (Lipinski definition) is 2. The molecule has 6 aromatic rings. The van der Waals surface area contributed by atoms with Crippen molar-refractivity contribution in [3.63, 3.8) is 0 Å². The minimum absolute atomic E-state index is 0.0589. The quantitative estimate of drug-likeness (QED) is 0.186. The largest absolute Gasteiger partial charge is 0.453 e. The van der Waals surface area contributed by atoms with Crippen molar-refractivity contribution >= 4 is 45.9 Å². The highest BCUT2D eigenvalue weighted by molar-refractivity contribution is 7.24. The molecule has 1 spiro atoms. The maximum atomic E-state index is 6.37. The second-order valence-corrected chi connectivity index (χ2v) is 16.6. The Hall–Kier alpha value is -4.86. The Labute approximate surface area is 253 Å². The van der Waals surface area contributed by atoms with Crippen LogP contribution in [0.15, 0.2) is 133 Å². The first-order valence-corrected chi connectivity index (χ1v) is 17.1. The summed E-state index contributed by atoms with van der Waals surface area (Å²) in [6.07, 6.45) is 0. The molecule has 0 amide bonds. The lowest BCUT2D eigenvalue weighted by Gasteiger charge is -2.34. The van der Waals surface area contributed by atoms with Crippen molar-refractivity contribution in [2.45, 2.75) is 26.2 Å². The summed E-state index contributed by atoms with van der Waals surface area (Å²) in [5.41, 5.74) is 10.3. The van der Waals surface area contributed by atoms with Gasteiger partial charge in [0.15, 0.2) is 19.6 Å².